The average molecular weight is 333 g/mol. The standard InChI is InChI=1S/C14H18F3N3OS/c1-22-12-5-3-2-4-11(12)19-13(21)18-10-6-7-20(8-10)9-14(15,16)17/h2-5,10H,6-9H2,1H3,(H2,18,19,21)/t10-/m0/s1. The van der Waals surface area contributed by atoms with Gasteiger partial charge in [-0.25, -0.2) is 4.79 Å². The second-order valence-electron chi connectivity index (χ2n) is 5.13. The van der Waals surface area contributed by atoms with Gasteiger partial charge in [-0.2, -0.15) is 13.2 Å². The van der Waals surface area contributed by atoms with Crippen LogP contribution in [0.2, 0.25) is 0 Å². The fourth-order valence-corrected chi connectivity index (χ4v) is 2.99. The van der Waals surface area contributed by atoms with E-state index in [2.05, 4.69) is 10.6 Å². The van der Waals surface area contributed by atoms with Gasteiger partial charge < -0.3 is 10.6 Å². The van der Waals surface area contributed by atoms with Crippen LogP contribution in [0, 0.1) is 0 Å². The summed E-state index contributed by atoms with van der Waals surface area (Å²) >= 11 is 1.51. The van der Waals surface area contributed by atoms with Crippen LogP contribution in [-0.2, 0) is 0 Å². The first-order valence-electron chi connectivity index (χ1n) is 6.87. The summed E-state index contributed by atoms with van der Waals surface area (Å²) in [5, 5.41) is 5.47. The highest BCUT2D eigenvalue weighted by atomic mass is 32.2. The molecule has 0 unspecified atom stereocenters. The third-order valence-electron chi connectivity index (χ3n) is 3.37. The van der Waals surface area contributed by atoms with Crippen LogP contribution in [0.15, 0.2) is 29.2 Å². The maximum atomic E-state index is 12.3. The number of amides is 2. The number of rotatable bonds is 4. The molecule has 0 radical (unpaired) electrons. The number of carbonyl (C=O) groups excluding carboxylic acids is 1. The quantitative estimate of drug-likeness (QED) is 0.832. The van der Waals surface area contributed by atoms with Crippen molar-refractivity contribution in [3.05, 3.63) is 24.3 Å². The molecule has 1 aromatic carbocycles. The second kappa shape index (κ2) is 7.23. The number of benzene rings is 1. The minimum absolute atomic E-state index is 0.219. The predicted octanol–water partition coefficient (Wildman–Crippen LogP) is 3.17. The fraction of sp³-hybridized carbons (Fsp3) is 0.500. The van der Waals surface area contributed by atoms with Gasteiger partial charge in [-0.1, -0.05) is 12.1 Å². The van der Waals surface area contributed by atoms with Crippen molar-refractivity contribution in [3.63, 3.8) is 0 Å². The Kier molecular flexibility index (Phi) is 5.57. The number of anilines is 1. The molecule has 1 heterocycles. The molecule has 1 atom stereocenters. The Labute approximate surface area is 131 Å². The molecule has 1 aromatic rings. The summed E-state index contributed by atoms with van der Waals surface area (Å²) in [6.07, 6.45) is -1.77. The van der Waals surface area contributed by atoms with Gasteiger partial charge in [0.1, 0.15) is 0 Å². The van der Waals surface area contributed by atoms with E-state index in [1.165, 1.54) is 16.7 Å². The number of thioether (sulfide) groups is 1. The zero-order valence-corrected chi connectivity index (χ0v) is 12.9. The molecule has 2 amide bonds. The number of hydrogen-bond donors (Lipinski definition) is 2. The number of hydrogen-bond acceptors (Lipinski definition) is 3. The lowest BCUT2D eigenvalue weighted by Crippen LogP contribution is -2.41. The molecule has 0 bridgehead atoms. The zero-order valence-electron chi connectivity index (χ0n) is 12.1. The molecule has 1 aliphatic rings. The van der Waals surface area contributed by atoms with Crippen LogP contribution in [0.4, 0.5) is 23.7 Å². The number of urea groups is 1. The topological polar surface area (TPSA) is 44.4 Å². The van der Waals surface area contributed by atoms with Crippen LogP contribution in [0.25, 0.3) is 0 Å². The fourth-order valence-electron chi connectivity index (χ4n) is 2.44. The summed E-state index contributed by atoms with van der Waals surface area (Å²) in [5.41, 5.74) is 0.692. The molecule has 2 rings (SSSR count). The van der Waals surface area contributed by atoms with E-state index in [1.54, 1.807) is 6.07 Å². The van der Waals surface area contributed by atoms with Gasteiger partial charge in [0, 0.05) is 24.0 Å². The van der Waals surface area contributed by atoms with Crippen molar-refractivity contribution in [2.45, 2.75) is 23.5 Å². The number of nitrogens with zero attached hydrogens (tertiary/aromatic N) is 1. The molecule has 0 saturated carbocycles. The molecule has 4 nitrogen and oxygen atoms in total. The molecule has 2 N–H and O–H groups in total. The van der Waals surface area contributed by atoms with Gasteiger partial charge in [0.2, 0.25) is 0 Å². The monoisotopic (exact) mass is 333 g/mol. The maximum absolute atomic E-state index is 12.3. The van der Waals surface area contributed by atoms with E-state index in [1.807, 2.05) is 24.5 Å². The Bertz CT molecular complexity index is 524. The third-order valence-corrected chi connectivity index (χ3v) is 4.16. The van der Waals surface area contributed by atoms with Crippen molar-refractivity contribution in [1.82, 2.24) is 10.2 Å². The van der Waals surface area contributed by atoms with E-state index < -0.39 is 12.7 Å². The van der Waals surface area contributed by atoms with Crippen LogP contribution in [0.3, 0.4) is 0 Å². The Hall–Kier alpha value is -1.41. The summed E-state index contributed by atoms with van der Waals surface area (Å²) in [5.74, 6) is 0. The molecule has 0 aliphatic carbocycles. The molecule has 0 aromatic heterocycles. The summed E-state index contributed by atoms with van der Waals surface area (Å²) in [6, 6.07) is 6.72. The molecule has 1 fully saturated rings. The summed E-state index contributed by atoms with van der Waals surface area (Å²) < 4.78 is 37.0. The zero-order chi connectivity index (χ0) is 16.2. The van der Waals surface area contributed by atoms with E-state index in [4.69, 9.17) is 0 Å². The Morgan fingerprint density at radius 3 is 2.82 bits per heavy atom. The van der Waals surface area contributed by atoms with E-state index in [-0.39, 0.29) is 18.6 Å². The van der Waals surface area contributed by atoms with Gasteiger partial charge in [-0.3, -0.25) is 4.90 Å². The minimum atomic E-state index is -4.20. The van der Waals surface area contributed by atoms with Crippen LogP contribution in [0.5, 0.6) is 0 Å². The first kappa shape index (κ1) is 17.0. The molecule has 0 spiro atoms. The first-order chi connectivity index (χ1) is 10.4. The van der Waals surface area contributed by atoms with Crippen molar-refractivity contribution in [2.24, 2.45) is 0 Å². The highest BCUT2D eigenvalue weighted by molar-refractivity contribution is 7.98. The number of carbonyl (C=O) groups is 1. The SMILES string of the molecule is CSc1ccccc1NC(=O)N[C@H]1CCN(CC(F)(F)F)C1. The molecule has 22 heavy (non-hydrogen) atoms. The molecule has 1 saturated heterocycles. The summed E-state index contributed by atoms with van der Waals surface area (Å²) in [7, 11) is 0. The minimum Gasteiger partial charge on any atom is -0.334 e. The molecule has 8 heteroatoms. The summed E-state index contributed by atoms with van der Waals surface area (Å²) in [6.45, 7) is -0.370. The van der Waals surface area contributed by atoms with Crippen molar-refractivity contribution < 1.29 is 18.0 Å². The normalized spacial score (nSPS) is 19.2. The van der Waals surface area contributed by atoms with Crippen molar-refractivity contribution in [3.8, 4) is 0 Å². The highest BCUT2D eigenvalue weighted by Gasteiger charge is 2.34. The molecular formula is C14H18F3N3OS. The second-order valence-corrected chi connectivity index (χ2v) is 5.98. The maximum Gasteiger partial charge on any atom is 0.401 e. The van der Waals surface area contributed by atoms with Gasteiger partial charge >= 0.3 is 12.2 Å². The van der Waals surface area contributed by atoms with Gasteiger partial charge in [0.25, 0.3) is 0 Å². The lowest BCUT2D eigenvalue weighted by molar-refractivity contribution is -0.143. The Balaban J connectivity index is 1.83. The lowest BCUT2D eigenvalue weighted by atomic mass is 10.3. The smallest absolute Gasteiger partial charge is 0.334 e. The number of halogens is 3. The van der Waals surface area contributed by atoms with E-state index in [0.29, 0.717) is 18.7 Å². The summed E-state index contributed by atoms with van der Waals surface area (Å²) in [4.78, 5) is 14.2. The van der Waals surface area contributed by atoms with Gasteiger partial charge in [-0.05, 0) is 24.8 Å². The number of likely N-dealkylation sites (tertiary alicyclic amines) is 1. The molecule has 1 aliphatic heterocycles. The largest absolute Gasteiger partial charge is 0.401 e. The Morgan fingerprint density at radius 2 is 2.14 bits per heavy atom. The lowest BCUT2D eigenvalue weighted by Gasteiger charge is -2.18. The predicted molar refractivity (Wildman–Crippen MR) is 81.3 cm³/mol. The van der Waals surface area contributed by atoms with Crippen molar-refractivity contribution in [1.29, 1.82) is 0 Å². The van der Waals surface area contributed by atoms with Crippen LogP contribution < -0.4 is 10.6 Å². The first-order valence-corrected chi connectivity index (χ1v) is 8.09. The Morgan fingerprint density at radius 1 is 1.41 bits per heavy atom. The van der Waals surface area contributed by atoms with Crippen LogP contribution in [-0.4, -0.2) is 49.0 Å². The van der Waals surface area contributed by atoms with Gasteiger partial charge in [0.05, 0.1) is 12.2 Å². The van der Waals surface area contributed by atoms with E-state index >= 15 is 0 Å². The van der Waals surface area contributed by atoms with Gasteiger partial charge in [-0.15, -0.1) is 11.8 Å². The van der Waals surface area contributed by atoms with Crippen LogP contribution in [0.1, 0.15) is 6.42 Å². The van der Waals surface area contributed by atoms with E-state index in [9.17, 15) is 18.0 Å². The molecular weight excluding hydrogens is 315 g/mol. The highest BCUT2D eigenvalue weighted by Crippen LogP contribution is 2.24. The van der Waals surface area contributed by atoms with Crippen molar-refractivity contribution >= 4 is 23.5 Å². The molecule has 122 valence electrons. The third kappa shape index (κ3) is 5.10. The number of nitrogens with one attached hydrogen (secondary N) is 2. The number of alkyl halides is 3. The van der Waals surface area contributed by atoms with Crippen LogP contribution >= 0.6 is 11.8 Å². The van der Waals surface area contributed by atoms with Crippen molar-refractivity contribution in [2.75, 3.05) is 31.2 Å². The van der Waals surface area contributed by atoms with E-state index in [0.717, 1.165) is 4.90 Å². The average Bonchev–Trinajstić information content (AvgIpc) is 2.84. The van der Waals surface area contributed by atoms with Gasteiger partial charge in [0.15, 0.2) is 0 Å². The number of para-hydroxylation sites is 1.